The van der Waals surface area contributed by atoms with Gasteiger partial charge >= 0.3 is 5.97 Å². The van der Waals surface area contributed by atoms with Crippen LogP contribution in [0.25, 0.3) is 0 Å². The van der Waals surface area contributed by atoms with Crippen molar-refractivity contribution in [3.8, 4) is 0 Å². The fourth-order valence-electron chi connectivity index (χ4n) is 0.832. The molecule has 2 atom stereocenters. The van der Waals surface area contributed by atoms with Crippen molar-refractivity contribution in [1.82, 2.24) is 0 Å². The zero-order valence-electron chi connectivity index (χ0n) is 7.71. The first-order valence-corrected chi connectivity index (χ1v) is 5.96. The van der Waals surface area contributed by atoms with Crippen molar-refractivity contribution in [2.45, 2.75) is 17.7 Å². The molecule has 0 saturated heterocycles. The molecule has 1 aliphatic heterocycles. The van der Waals surface area contributed by atoms with Crippen LogP contribution in [0.4, 0.5) is 0 Å². The van der Waals surface area contributed by atoms with Gasteiger partial charge in [0.1, 0.15) is 11.6 Å². The third kappa shape index (κ3) is 3.38. The van der Waals surface area contributed by atoms with Crippen LogP contribution in [0.15, 0.2) is 22.6 Å². The van der Waals surface area contributed by atoms with E-state index in [1.807, 2.05) is 16.9 Å². The van der Waals surface area contributed by atoms with Gasteiger partial charge in [0.15, 0.2) is 5.37 Å². The molecular weight excluding hydrogens is 220 g/mol. The van der Waals surface area contributed by atoms with Crippen LogP contribution < -0.4 is 11.1 Å². The smallest absolute Gasteiger partial charge is 0.331 e. The zero-order valence-corrected chi connectivity index (χ0v) is 9.35. The number of hydrogen-bond donors (Lipinski definition) is 3. The van der Waals surface area contributed by atoms with Crippen LogP contribution in [0.3, 0.4) is 0 Å². The maximum absolute atomic E-state index is 10.5. The minimum atomic E-state index is -0.897. The molecule has 0 aromatic heterocycles. The maximum atomic E-state index is 10.5. The van der Waals surface area contributed by atoms with Gasteiger partial charge in [-0.2, -0.15) is 0 Å². The third-order valence-corrected chi connectivity index (χ3v) is 4.03. The van der Waals surface area contributed by atoms with E-state index >= 15 is 0 Å². The molecule has 0 radical (unpaired) electrons. The highest BCUT2D eigenvalue weighted by atomic mass is 32.2. The number of carbonyl (C=O) groups is 1. The number of carboxylic acid groups (broad SMARTS) is 1. The van der Waals surface area contributed by atoms with Crippen molar-refractivity contribution < 1.29 is 15.2 Å². The summed E-state index contributed by atoms with van der Waals surface area (Å²) < 4.78 is 0. The molecule has 14 heavy (non-hydrogen) atoms. The number of hydrogen-bond acceptors (Lipinski definition) is 4. The van der Waals surface area contributed by atoms with E-state index in [4.69, 9.17) is 10.8 Å². The highest BCUT2D eigenvalue weighted by Gasteiger charge is 2.23. The summed E-state index contributed by atoms with van der Waals surface area (Å²) in [4.78, 5) is 10.5. The van der Waals surface area contributed by atoms with Crippen LogP contribution in [-0.4, -0.2) is 21.8 Å². The summed E-state index contributed by atoms with van der Waals surface area (Å²) in [6.45, 7) is 1.56. The fourth-order valence-corrected chi connectivity index (χ4v) is 2.62. The number of quaternary nitrogens is 1. The van der Waals surface area contributed by atoms with Gasteiger partial charge in [0, 0.05) is 11.0 Å². The number of aliphatic carboxylic acids is 1. The Balaban J connectivity index is 2.37. The normalized spacial score (nSPS) is 23.9. The molecule has 0 bridgehead atoms. The first-order chi connectivity index (χ1) is 6.61. The lowest BCUT2D eigenvalue weighted by molar-refractivity contribution is -0.597. The molecule has 1 aliphatic rings. The van der Waals surface area contributed by atoms with Crippen LogP contribution in [0.5, 0.6) is 0 Å². The van der Waals surface area contributed by atoms with E-state index in [9.17, 15) is 4.79 Å². The molecule has 4 nitrogen and oxygen atoms in total. The summed E-state index contributed by atoms with van der Waals surface area (Å²) in [6.07, 6.45) is 1.96. The van der Waals surface area contributed by atoms with E-state index in [-0.39, 0.29) is 10.7 Å². The summed E-state index contributed by atoms with van der Waals surface area (Å²) >= 11 is 3.00. The fraction of sp³-hybridized carbons (Fsp3) is 0.375. The van der Waals surface area contributed by atoms with Gasteiger partial charge in [-0.1, -0.05) is 11.8 Å². The molecule has 0 spiro atoms. The summed E-state index contributed by atoms with van der Waals surface area (Å²) in [5.74, 6) is -0.897. The Morgan fingerprint density at radius 1 is 1.86 bits per heavy atom. The first-order valence-electron chi connectivity index (χ1n) is 4.08. The van der Waals surface area contributed by atoms with Crippen molar-refractivity contribution in [1.29, 1.82) is 0 Å². The van der Waals surface area contributed by atoms with E-state index in [0.717, 1.165) is 0 Å². The standard InChI is InChI=1S/C8H12N2O2S2/c1-5(8(11)12)4-14-6(9)7-10-2-3-13-7/h2-4,6-7,10H,9H2,1H3,(H,11,12)/p+1. The van der Waals surface area contributed by atoms with E-state index in [1.54, 1.807) is 24.1 Å². The average Bonchev–Trinajstić information content (AvgIpc) is 2.66. The van der Waals surface area contributed by atoms with Crippen molar-refractivity contribution in [3.05, 3.63) is 22.6 Å². The van der Waals surface area contributed by atoms with Crippen molar-refractivity contribution in [2.75, 3.05) is 0 Å². The molecule has 0 amide bonds. The van der Waals surface area contributed by atoms with Crippen LogP contribution >= 0.6 is 23.5 Å². The van der Waals surface area contributed by atoms with Gasteiger partial charge in [-0.25, -0.2) is 4.79 Å². The van der Waals surface area contributed by atoms with Crippen molar-refractivity contribution >= 4 is 29.5 Å². The van der Waals surface area contributed by atoms with E-state index in [2.05, 4.69) is 0 Å². The van der Waals surface area contributed by atoms with Crippen molar-refractivity contribution in [2.24, 2.45) is 5.73 Å². The molecule has 0 aliphatic carbocycles. The lowest BCUT2D eigenvalue weighted by Crippen LogP contribution is -2.84. The largest absolute Gasteiger partial charge is 0.478 e. The van der Waals surface area contributed by atoms with Gasteiger partial charge in [0.05, 0.1) is 0 Å². The molecule has 0 aromatic rings. The lowest BCUT2D eigenvalue weighted by atomic mass is 10.4. The maximum Gasteiger partial charge on any atom is 0.331 e. The summed E-state index contributed by atoms with van der Waals surface area (Å²) in [7, 11) is 0. The molecule has 1 heterocycles. The second-order valence-corrected chi connectivity index (χ2v) is 4.97. The number of rotatable bonds is 4. The molecule has 0 fully saturated rings. The van der Waals surface area contributed by atoms with Gasteiger partial charge < -0.3 is 16.2 Å². The van der Waals surface area contributed by atoms with E-state index in [1.165, 1.54) is 11.8 Å². The van der Waals surface area contributed by atoms with Crippen molar-refractivity contribution in [3.63, 3.8) is 0 Å². The molecule has 2 unspecified atom stereocenters. The highest BCUT2D eigenvalue weighted by molar-refractivity contribution is 8.06. The Morgan fingerprint density at radius 3 is 3.07 bits per heavy atom. The van der Waals surface area contributed by atoms with Gasteiger partial charge in [-0.3, -0.25) is 0 Å². The Morgan fingerprint density at radius 2 is 2.57 bits per heavy atom. The van der Waals surface area contributed by atoms with Crippen LogP contribution in [0, 0.1) is 0 Å². The average molecular weight is 233 g/mol. The zero-order chi connectivity index (χ0) is 10.6. The lowest BCUT2D eigenvalue weighted by Gasteiger charge is -2.12. The molecule has 5 N–H and O–H groups in total. The summed E-state index contributed by atoms with van der Waals surface area (Å²) in [6, 6.07) is 0. The Hall–Kier alpha value is -0.430. The van der Waals surface area contributed by atoms with E-state index < -0.39 is 5.97 Å². The number of thioether (sulfide) groups is 2. The topological polar surface area (TPSA) is 79.9 Å². The first kappa shape index (κ1) is 11.6. The predicted molar refractivity (Wildman–Crippen MR) is 59.4 cm³/mol. The van der Waals surface area contributed by atoms with Crippen LogP contribution in [0.1, 0.15) is 6.92 Å². The van der Waals surface area contributed by atoms with Crippen LogP contribution in [0.2, 0.25) is 0 Å². The SMILES string of the molecule is CC(=CSC(N)C1[NH2+]C=CS1)C(=O)O. The summed E-state index contributed by atoms with van der Waals surface area (Å²) in [5, 5.41) is 14.4. The molecule has 78 valence electrons. The molecule has 1 rings (SSSR count). The minimum absolute atomic E-state index is 0.0932. The summed E-state index contributed by atoms with van der Waals surface area (Å²) in [5.41, 5.74) is 6.18. The quantitative estimate of drug-likeness (QED) is 0.474. The Bertz CT molecular complexity index is 271. The number of nitrogens with two attached hydrogens (primary N) is 2. The second-order valence-electron chi connectivity index (χ2n) is 2.83. The van der Waals surface area contributed by atoms with Gasteiger partial charge in [-0.15, -0.1) is 11.8 Å². The molecule has 6 heteroatoms. The monoisotopic (exact) mass is 233 g/mol. The second kappa shape index (κ2) is 5.45. The van der Waals surface area contributed by atoms with E-state index in [0.29, 0.717) is 5.57 Å². The van der Waals surface area contributed by atoms with Gasteiger partial charge in [0.25, 0.3) is 0 Å². The van der Waals surface area contributed by atoms with Crippen LogP contribution in [-0.2, 0) is 4.79 Å². The minimum Gasteiger partial charge on any atom is -0.478 e. The molecule has 0 aromatic carbocycles. The third-order valence-electron chi connectivity index (χ3n) is 1.68. The molecular formula is C8H13N2O2S2+. The highest BCUT2D eigenvalue weighted by Crippen LogP contribution is 2.21. The molecule has 0 saturated carbocycles. The number of carboxylic acids is 1. The van der Waals surface area contributed by atoms with Gasteiger partial charge in [-0.05, 0) is 12.3 Å². The Kier molecular flexibility index (Phi) is 4.53. The Labute approximate surface area is 91.0 Å². The van der Waals surface area contributed by atoms with Gasteiger partial charge in [0.2, 0.25) is 0 Å². The predicted octanol–water partition coefficient (Wildman–Crippen LogP) is 0.100.